The molecule has 1 heterocycles. The lowest BCUT2D eigenvalue weighted by Crippen LogP contribution is -2.25. The number of nitrogens with one attached hydrogen (secondary N) is 1. The Hall–Kier alpha value is -1.67. The lowest BCUT2D eigenvalue weighted by molar-refractivity contribution is -0.137. The molecule has 0 saturated heterocycles. The summed E-state index contributed by atoms with van der Waals surface area (Å²) in [5.74, 6) is -0.639. The van der Waals surface area contributed by atoms with E-state index in [0.717, 1.165) is 0 Å². The Morgan fingerprint density at radius 2 is 2.22 bits per heavy atom. The van der Waals surface area contributed by atoms with Gasteiger partial charge in [-0.05, 0) is 12.5 Å². The summed E-state index contributed by atoms with van der Waals surface area (Å²) < 4.78 is 30.6. The molecule has 0 fully saturated rings. The predicted molar refractivity (Wildman–Crippen MR) is 62.8 cm³/mol. The molecular weight excluding hydrogens is 260 g/mol. The number of pyridine rings is 1. The second kappa shape index (κ2) is 6.31. The zero-order chi connectivity index (χ0) is 13.6. The number of nitrogens with zero attached hydrogens (tertiary/aromatic N) is 1. The van der Waals surface area contributed by atoms with Crippen molar-refractivity contribution in [3.8, 4) is 5.88 Å². The molecule has 1 rings (SSSR count). The minimum atomic E-state index is -3.64. The third-order valence-electron chi connectivity index (χ3n) is 2.09. The first-order chi connectivity index (χ1) is 8.45. The molecule has 0 unspecified atom stereocenters. The number of carbonyl (C=O) groups is 1. The van der Waals surface area contributed by atoms with E-state index in [2.05, 4.69) is 9.71 Å². The summed E-state index contributed by atoms with van der Waals surface area (Å²) in [4.78, 5) is 14.1. The quantitative estimate of drug-likeness (QED) is 0.690. The Kier molecular flexibility index (Phi) is 5.05. The number of aliphatic carboxylic acids is 1. The molecule has 1 aromatic rings. The van der Waals surface area contributed by atoms with Crippen molar-refractivity contribution < 1.29 is 23.1 Å². The fourth-order valence-corrected chi connectivity index (χ4v) is 2.19. The van der Waals surface area contributed by atoms with Gasteiger partial charge >= 0.3 is 5.97 Å². The van der Waals surface area contributed by atoms with Crippen LogP contribution >= 0.6 is 0 Å². The average Bonchev–Trinajstić information content (AvgIpc) is 2.34. The van der Waals surface area contributed by atoms with Crippen molar-refractivity contribution in [2.45, 2.75) is 17.7 Å². The lowest BCUT2D eigenvalue weighted by atomic mass is 10.3. The van der Waals surface area contributed by atoms with E-state index in [1.54, 1.807) is 0 Å². The molecular formula is C10H14N2O5S. The molecule has 0 amide bonds. The maximum absolute atomic E-state index is 11.7. The Balaban J connectivity index is 2.59. The smallest absolute Gasteiger partial charge is 0.303 e. The fraction of sp³-hybridized carbons (Fsp3) is 0.400. The lowest BCUT2D eigenvalue weighted by Gasteiger charge is -2.06. The van der Waals surface area contributed by atoms with Crippen LogP contribution in [0.1, 0.15) is 12.8 Å². The summed E-state index contributed by atoms with van der Waals surface area (Å²) >= 11 is 0. The monoisotopic (exact) mass is 274 g/mol. The van der Waals surface area contributed by atoms with Crippen LogP contribution in [0.25, 0.3) is 0 Å². The van der Waals surface area contributed by atoms with E-state index in [1.165, 1.54) is 25.4 Å². The summed E-state index contributed by atoms with van der Waals surface area (Å²) in [6.45, 7) is 0.0701. The molecule has 0 saturated carbocycles. The molecule has 0 aliphatic rings. The molecule has 0 aliphatic heterocycles. The first-order valence-corrected chi connectivity index (χ1v) is 6.65. The van der Waals surface area contributed by atoms with E-state index in [1.807, 2.05) is 0 Å². The highest BCUT2D eigenvalue weighted by molar-refractivity contribution is 7.89. The first kappa shape index (κ1) is 14.4. The first-order valence-electron chi connectivity index (χ1n) is 5.17. The van der Waals surface area contributed by atoms with Crippen molar-refractivity contribution in [1.82, 2.24) is 9.71 Å². The number of methoxy groups -OCH3 is 1. The number of carboxylic acids is 1. The number of hydrogen-bond donors (Lipinski definition) is 2. The molecule has 0 aliphatic carbocycles. The van der Waals surface area contributed by atoms with E-state index in [-0.39, 0.29) is 24.3 Å². The van der Waals surface area contributed by atoms with Crippen LogP contribution in [-0.2, 0) is 14.8 Å². The third-order valence-corrected chi connectivity index (χ3v) is 3.53. The van der Waals surface area contributed by atoms with Crippen molar-refractivity contribution >= 4 is 16.0 Å². The second-order valence-electron chi connectivity index (χ2n) is 3.43. The van der Waals surface area contributed by atoms with Crippen LogP contribution in [0, 0.1) is 0 Å². The maximum Gasteiger partial charge on any atom is 0.303 e. The number of rotatable bonds is 7. The van der Waals surface area contributed by atoms with E-state index in [9.17, 15) is 13.2 Å². The van der Waals surface area contributed by atoms with Gasteiger partial charge in [0, 0.05) is 19.0 Å². The fourth-order valence-electron chi connectivity index (χ4n) is 1.18. The van der Waals surface area contributed by atoms with Crippen LogP contribution in [0.5, 0.6) is 5.88 Å². The van der Waals surface area contributed by atoms with Gasteiger partial charge in [-0.1, -0.05) is 0 Å². The largest absolute Gasteiger partial charge is 0.481 e. The minimum absolute atomic E-state index is 0.0126. The zero-order valence-corrected chi connectivity index (χ0v) is 10.6. The second-order valence-corrected chi connectivity index (χ2v) is 5.20. The van der Waals surface area contributed by atoms with Gasteiger partial charge in [0.25, 0.3) is 0 Å². The average molecular weight is 274 g/mol. The van der Waals surface area contributed by atoms with Gasteiger partial charge in [-0.25, -0.2) is 18.1 Å². The molecule has 18 heavy (non-hydrogen) atoms. The normalized spacial score (nSPS) is 11.2. The van der Waals surface area contributed by atoms with Gasteiger partial charge in [-0.3, -0.25) is 4.79 Å². The zero-order valence-electron chi connectivity index (χ0n) is 9.79. The summed E-state index contributed by atoms with van der Waals surface area (Å²) in [5, 5.41) is 8.42. The molecule has 0 bridgehead atoms. The van der Waals surface area contributed by atoms with Gasteiger partial charge in [-0.2, -0.15) is 0 Å². The van der Waals surface area contributed by atoms with Crippen LogP contribution in [0.4, 0.5) is 0 Å². The third kappa shape index (κ3) is 4.30. The molecule has 0 aromatic carbocycles. The van der Waals surface area contributed by atoms with Crippen molar-refractivity contribution in [2.24, 2.45) is 0 Å². The summed E-state index contributed by atoms with van der Waals surface area (Å²) in [7, 11) is -2.21. The minimum Gasteiger partial charge on any atom is -0.481 e. The number of carboxylic acid groups (broad SMARTS) is 1. The van der Waals surface area contributed by atoms with Crippen molar-refractivity contribution in [2.75, 3.05) is 13.7 Å². The number of ether oxygens (including phenoxy) is 1. The van der Waals surface area contributed by atoms with Gasteiger partial charge in [0.05, 0.1) is 13.3 Å². The molecule has 0 spiro atoms. The van der Waals surface area contributed by atoms with Crippen LogP contribution in [0.3, 0.4) is 0 Å². The molecule has 0 atom stereocenters. The maximum atomic E-state index is 11.7. The molecule has 100 valence electrons. The van der Waals surface area contributed by atoms with Crippen LogP contribution in [0.2, 0.25) is 0 Å². The van der Waals surface area contributed by atoms with E-state index >= 15 is 0 Å². The molecule has 7 nitrogen and oxygen atoms in total. The number of hydrogen-bond acceptors (Lipinski definition) is 5. The van der Waals surface area contributed by atoms with E-state index in [4.69, 9.17) is 9.84 Å². The van der Waals surface area contributed by atoms with Gasteiger partial charge in [0.1, 0.15) is 4.90 Å². The summed E-state index contributed by atoms with van der Waals surface area (Å²) in [6, 6.07) is 2.80. The Morgan fingerprint density at radius 3 is 2.72 bits per heavy atom. The summed E-state index contributed by atoms with van der Waals surface area (Å²) in [6.07, 6.45) is 1.33. The molecule has 8 heteroatoms. The number of sulfonamides is 1. The van der Waals surface area contributed by atoms with Gasteiger partial charge in [0.15, 0.2) is 0 Å². The van der Waals surface area contributed by atoms with E-state index in [0.29, 0.717) is 5.88 Å². The van der Waals surface area contributed by atoms with Gasteiger partial charge in [0.2, 0.25) is 15.9 Å². The SMILES string of the molecule is COc1ccc(S(=O)(=O)NCCCC(=O)O)cn1. The standard InChI is InChI=1S/C10H14N2O5S/c1-17-9-5-4-8(7-11-9)18(15,16)12-6-2-3-10(13)14/h4-5,7,12H,2-3,6H2,1H3,(H,13,14). The van der Waals surface area contributed by atoms with Crippen LogP contribution < -0.4 is 9.46 Å². The predicted octanol–water partition coefficient (Wildman–Crippen LogP) is 0.233. The number of aromatic nitrogens is 1. The van der Waals surface area contributed by atoms with E-state index < -0.39 is 16.0 Å². The molecule has 1 aromatic heterocycles. The van der Waals surface area contributed by atoms with Gasteiger partial charge in [-0.15, -0.1) is 0 Å². The van der Waals surface area contributed by atoms with Crippen LogP contribution in [-0.4, -0.2) is 38.1 Å². The van der Waals surface area contributed by atoms with Crippen LogP contribution in [0.15, 0.2) is 23.2 Å². The Bertz CT molecular complexity index is 498. The molecule has 2 N–H and O–H groups in total. The van der Waals surface area contributed by atoms with Crippen molar-refractivity contribution in [3.05, 3.63) is 18.3 Å². The summed E-state index contributed by atoms with van der Waals surface area (Å²) in [5.41, 5.74) is 0. The van der Waals surface area contributed by atoms with Gasteiger partial charge < -0.3 is 9.84 Å². The Labute approximate surface area is 105 Å². The highest BCUT2D eigenvalue weighted by Crippen LogP contribution is 2.11. The highest BCUT2D eigenvalue weighted by Gasteiger charge is 2.14. The Morgan fingerprint density at radius 1 is 1.50 bits per heavy atom. The van der Waals surface area contributed by atoms with Crippen molar-refractivity contribution in [3.63, 3.8) is 0 Å². The molecule has 0 radical (unpaired) electrons. The van der Waals surface area contributed by atoms with Crippen molar-refractivity contribution in [1.29, 1.82) is 0 Å². The highest BCUT2D eigenvalue weighted by atomic mass is 32.2. The topological polar surface area (TPSA) is 106 Å².